The molecule has 0 spiro atoms. The zero-order valence-electron chi connectivity index (χ0n) is 12.2. The van der Waals surface area contributed by atoms with Crippen molar-refractivity contribution < 1.29 is 4.79 Å². The Morgan fingerprint density at radius 3 is 2.90 bits per heavy atom. The fraction of sp³-hybridized carbons (Fsp3) is 0.353. The highest BCUT2D eigenvalue weighted by molar-refractivity contribution is 7.10. The highest BCUT2D eigenvalue weighted by Crippen LogP contribution is 2.26. The number of carbonyl (C=O) groups is 1. The highest BCUT2D eigenvalue weighted by Gasteiger charge is 2.27. The molecule has 0 saturated carbocycles. The van der Waals surface area contributed by atoms with Gasteiger partial charge in [0.05, 0.1) is 6.04 Å². The van der Waals surface area contributed by atoms with Crippen molar-refractivity contribution in [1.29, 1.82) is 0 Å². The lowest BCUT2D eigenvalue weighted by Gasteiger charge is -2.33. The van der Waals surface area contributed by atoms with Crippen LogP contribution >= 0.6 is 11.3 Å². The molecule has 3 nitrogen and oxygen atoms in total. The van der Waals surface area contributed by atoms with Crippen molar-refractivity contribution in [1.82, 2.24) is 4.90 Å². The third-order valence-electron chi connectivity index (χ3n) is 4.01. The third kappa shape index (κ3) is 3.17. The molecule has 0 unspecified atom stereocenters. The van der Waals surface area contributed by atoms with E-state index in [0.29, 0.717) is 0 Å². The Balaban J connectivity index is 1.69. The van der Waals surface area contributed by atoms with Crippen LogP contribution in [0.5, 0.6) is 0 Å². The molecule has 1 atom stereocenters. The molecule has 2 aromatic rings. The normalized spacial score (nSPS) is 16.2. The van der Waals surface area contributed by atoms with E-state index in [9.17, 15) is 4.79 Å². The van der Waals surface area contributed by atoms with Gasteiger partial charge >= 0.3 is 0 Å². The first-order valence-corrected chi connectivity index (χ1v) is 8.31. The summed E-state index contributed by atoms with van der Waals surface area (Å²) in [4.78, 5) is 16.3. The monoisotopic (exact) mass is 300 g/mol. The molecule has 1 aliphatic rings. The van der Waals surface area contributed by atoms with Gasteiger partial charge in [-0.15, -0.1) is 11.3 Å². The van der Waals surface area contributed by atoms with Crippen LogP contribution < -0.4 is 5.32 Å². The summed E-state index contributed by atoms with van der Waals surface area (Å²) in [5.74, 6) is 0.0994. The molecule has 4 heteroatoms. The highest BCUT2D eigenvalue weighted by atomic mass is 32.1. The van der Waals surface area contributed by atoms with Gasteiger partial charge in [0, 0.05) is 23.7 Å². The maximum atomic E-state index is 12.5. The number of anilines is 1. The van der Waals surface area contributed by atoms with Gasteiger partial charge in [0.1, 0.15) is 0 Å². The molecular weight excluding hydrogens is 280 g/mol. The summed E-state index contributed by atoms with van der Waals surface area (Å²) in [5, 5.41) is 5.18. The first-order valence-electron chi connectivity index (χ1n) is 7.43. The molecule has 1 amide bonds. The summed E-state index contributed by atoms with van der Waals surface area (Å²) in [6.45, 7) is 3.94. The molecule has 1 aromatic carbocycles. The molecule has 2 heterocycles. The minimum Gasteiger partial charge on any atom is -0.325 e. The van der Waals surface area contributed by atoms with E-state index in [0.717, 1.165) is 31.6 Å². The number of carbonyl (C=O) groups excluding carboxylic acids is 1. The zero-order valence-corrected chi connectivity index (χ0v) is 13.0. The van der Waals surface area contributed by atoms with Gasteiger partial charge in [-0.1, -0.05) is 25.1 Å². The van der Waals surface area contributed by atoms with Crippen molar-refractivity contribution in [3.05, 3.63) is 52.2 Å². The van der Waals surface area contributed by atoms with Crippen LogP contribution in [0.2, 0.25) is 0 Å². The standard InChI is InChI=1S/C17H20N2OS/c1-2-15(17(20)18-14-6-4-3-5-7-14)19-10-8-16-13(12-19)9-11-21-16/h3-7,9,11,15H,2,8,10,12H2,1H3,(H,18,20)/t15-/m0/s1. The minimum atomic E-state index is -0.0572. The first-order chi connectivity index (χ1) is 10.3. The van der Waals surface area contributed by atoms with E-state index in [4.69, 9.17) is 0 Å². The Kier molecular flexibility index (Phi) is 4.36. The van der Waals surface area contributed by atoms with Crippen molar-refractivity contribution in [2.75, 3.05) is 11.9 Å². The first kappa shape index (κ1) is 14.3. The molecule has 0 saturated heterocycles. The number of rotatable bonds is 4. The van der Waals surface area contributed by atoms with Gasteiger partial charge in [0.2, 0.25) is 5.91 Å². The molecule has 1 aromatic heterocycles. The maximum Gasteiger partial charge on any atom is 0.241 e. The van der Waals surface area contributed by atoms with Gasteiger partial charge in [-0.2, -0.15) is 0 Å². The molecule has 3 rings (SSSR count). The molecule has 0 bridgehead atoms. The van der Waals surface area contributed by atoms with E-state index in [1.165, 1.54) is 10.4 Å². The van der Waals surface area contributed by atoms with Gasteiger partial charge < -0.3 is 5.32 Å². The summed E-state index contributed by atoms with van der Waals surface area (Å²) < 4.78 is 0. The maximum absolute atomic E-state index is 12.5. The number of fused-ring (bicyclic) bond motifs is 1. The lowest BCUT2D eigenvalue weighted by molar-refractivity contribution is -0.121. The molecule has 0 radical (unpaired) electrons. The van der Waals surface area contributed by atoms with Gasteiger partial charge in [0.25, 0.3) is 0 Å². The van der Waals surface area contributed by atoms with E-state index in [1.807, 2.05) is 41.7 Å². The van der Waals surface area contributed by atoms with Crippen molar-refractivity contribution in [2.45, 2.75) is 32.4 Å². The van der Waals surface area contributed by atoms with Crippen LogP contribution in [-0.2, 0) is 17.8 Å². The fourth-order valence-electron chi connectivity index (χ4n) is 2.89. The fourth-order valence-corrected chi connectivity index (χ4v) is 3.78. The average Bonchev–Trinajstić information content (AvgIpc) is 2.96. The third-order valence-corrected chi connectivity index (χ3v) is 5.03. The second kappa shape index (κ2) is 6.41. The second-order valence-corrected chi connectivity index (χ2v) is 6.37. The Morgan fingerprint density at radius 2 is 2.14 bits per heavy atom. The van der Waals surface area contributed by atoms with Crippen LogP contribution in [0.15, 0.2) is 41.8 Å². The Bertz CT molecular complexity index is 608. The molecule has 0 aliphatic carbocycles. The van der Waals surface area contributed by atoms with Crippen LogP contribution in [0.25, 0.3) is 0 Å². The number of thiophene rings is 1. The van der Waals surface area contributed by atoms with Crippen molar-refractivity contribution >= 4 is 22.9 Å². The van der Waals surface area contributed by atoms with Crippen LogP contribution in [0, 0.1) is 0 Å². The van der Waals surface area contributed by atoms with Gasteiger partial charge in [-0.05, 0) is 42.0 Å². The molecule has 110 valence electrons. The Labute approximate surface area is 129 Å². The number of hydrogen-bond acceptors (Lipinski definition) is 3. The molecular formula is C17H20N2OS. The largest absolute Gasteiger partial charge is 0.325 e. The van der Waals surface area contributed by atoms with E-state index in [-0.39, 0.29) is 11.9 Å². The Hall–Kier alpha value is -1.65. The van der Waals surface area contributed by atoms with E-state index in [1.54, 1.807) is 0 Å². The van der Waals surface area contributed by atoms with E-state index >= 15 is 0 Å². The number of para-hydroxylation sites is 1. The summed E-state index contributed by atoms with van der Waals surface area (Å²) >= 11 is 1.83. The van der Waals surface area contributed by atoms with Gasteiger partial charge in [0.15, 0.2) is 0 Å². The van der Waals surface area contributed by atoms with Crippen molar-refractivity contribution in [3.8, 4) is 0 Å². The quantitative estimate of drug-likeness (QED) is 0.937. The number of amides is 1. The summed E-state index contributed by atoms with van der Waals surface area (Å²) in [7, 11) is 0. The number of nitrogens with zero attached hydrogens (tertiary/aromatic N) is 1. The van der Waals surface area contributed by atoms with Crippen LogP contribution in [0.4, 0.5) is 5.69 Å². The topological polar surface area (TPSA) is 32.3 Å². The number of benzene rings is 1. The summed E-state index contributed by atoms with van der Waals surface area (Å²) in [6.07, 6.45) is 1.89. The van der Waals surface area contributed by atoms with Crippen LogP contribution in [-0.4, -0.2) is 23.4 Å². The zero-order chi connectivity index (χ0) is 14.7. The number of hydrogen-bond donors (Lipinski definition) is 1. The lowest BCUT2D eigenvalue weighted by atomic mass is 10.1. The second-order valence-electron chi connectivity index (χ2n) is 5.37. The Morgan fingerprint density at radius 1 is 1.33 bits per heavy atom. The lowest BCUT2D eigenvalue weighted by Crippen LogP contribution is -2.45. The number of nitrogens with one attached hydrogen (secondary N) is 1. The average molecular weight is 300 g/mol. The van der Waals surface area contributed by atoms with Gasteiger partial charge in [-0.3, -0.25) is 9.69 Å². The van der Waals surface area contributed by atoms with Gasteiger partial charge in [-0.25, -0.2) is 0 Å². The van der Waals surface area contributed by atoms with Crippen molar-refractivity contribution in [2.24, 2.45) is 0 Å². The smallest absolute Gasteiger partial charge is 0.241 e. The van der Waals surface area contributed by atoms with E-state index < -0.39 is 0 Å². The van der Waals surface area contributed by atoms with Crippen molar-refractivity contribution in [3.63, 3.8) is 0 Å². The van der Waals surface area contributed by atoms with Crippen LogP contribution in [0.3, 0.4) is 0 Å². The molecule has 1 N–H and O–H groups in total. The predicted molar refractivity (Wildman–Crippen MR) is 87.6 cm³/mol. The van der Waals surface area contributed by atoms with E-state index in [2.05, 4.69) is 28.6 Å². The predicted octanol–water partition coefficient (Wildman–Crippen LogP) is 3.52. The summed E-state index contributed by atoms with van der Waals surface area (Å²) in [6, 6.07) is 11.8. The molecule has 21 heavy (non-hydrogen) atoms. The molecule has 1 aliphatic heterocycles. The molecule has 0 fully saturated rings. The minimum absolute atomic E-state index is 0.0572. The SMILES string of the molecule is CC[C@@H](C(=O)Nc1ccccc1)N1CCc2sccc2C1. The van der Waals surface area contributed by atoms with Crippen LogP contribution in [0.1, 0.15) is 23.8 Å². The summed E-state index contributed by atoms with van der Waals surface area (Å²) in [5.41, 5.74) is 2.26.